The SMILES string of the molecule is COc1ccc(C#Cc2sc(NC(=O)NCC(C)OCC3CC3)nc2C)cn1. The molecule has 7 nitrogen and oxygen atoms in total. The number of rotatable bonds is 7. The standard InChI is InChI=1S/C20H24N4O3S/c1-13(27-12-16-4-5-16)10-22-19(25)24-20-23-14(2)17(28-20)8-6-15-7-9-18(26-3)21-11-15/h7,9,11,13,16H,4-5,10,12H2,1-3H3,(H2,22,23,24,25). The number of carbonyl (C=O) groups is 1. The Morgan fingerprint density at radius 3 is 2.89 bits per heavy atom. The van der Waals surface area contributed by atoms with Gasteiger partial charge in [0.2, 0.25) is 5.88 Å². The van der Waals surface area contributed by atoms with Gasteiger partial charge < -0.3 is 14.8 Å². The Hall–Kier alpha value is -2.63. The number of hydrogen-bond acceptors (Lipinski definition) is 6. The summed E-state index contributed by atoms with van der Waals surface area (Å²) in [6.45, 7) is 5.06. The minimum Gasteiger partial charge on any atom is -0.481 e. The molecule has 0 bridgehead atoms. The molecule has 1 aliphatic carbocycles. The number of anilines is 1. The van der Waals surface area contributed by atoms with Gasteiger partial charge in [0, 0.05) is 31.0 Å². The second-order valence-electron chi connectivity index (χ2n) is 6.70. The topological polar surface area (TPSA) is 85.4 Å². The molecule has 1 atom stereocenters. The van der Waals surface area contributed by atoms with Crippen molar-refractivity contribution in [3.05, 3.63) is 34.5 Å². The maximum absolute atomic E-state index is 12.1. The first-order valence-corrected chi connectivity index (χ1v) is 10.0. The van der Waals surface area contributed by atoms with Crippen molar-refractivity contribution >= 4 is 22.5 Å². The Morgan fingerprint density at radius 1 is 1.39 bits per heavy atom. The summed E-state index contributed by atoms with van der Waals surface area (Å²) >= 11 is 1.34. The molecule has 2 heterocycles. The van der Waals surface area contributed by atoms with E-state index in [1.807, 2.05) is 19.9 Å². The summed E-state index contributed by atoms with van der Waals surface area (Å²) in [5.74, 6) is 7.38. The first kappa shape index (κ1) is 20.1. The van der Waals surface area contributed by atoms with E-state index in [1.165, 1.54) is 24.2 Å². The Bertz CT molecular complexity index is 866. The number of thiazole rings is 1. The number of aromatic nitrogens is 2. The molecular formula is C20H24N4O3S. The van der Waals surface area contributed by atoms with Crippen LogP contribution >= 0.6 is 11.3 Å². The monoisotopic (exact) mass is 400 g/mol. The number of amides is 2. The Kier molecular flexibility index (Phi) is 6.85. The Morgan fingerprint density at radius 2 is 2.21 bits per heavy atom. The molecule has 2 aromatic rings. The van der Waals surface area contributed by atoms with E-state index >= 15 is 0 Å². The van der Waals surface area contributed by atoms with Crippen LogP contribution in [0.25, 0.3) is 0 Å². The highest BCUT2D eigenvalue weighted by Gasteiger charge is 2.22. The van der Waals surface area contributed by atoms with Crippen molar-refractivity contribution < 1.29 is 14.3 Å². The van der Waals surface area contributed by atoms with Crippen LogP contribution in [0.15, 0.2) is 18.3 Å². The van der Waals surface area contributed by atoms with E-state index in [2.05, 4.69) is 32.4 Å². The zero-order valence-electron chi connectivity index (χ0n) is 16.2. The second kappa shape index (κ2) is 9.53. The normalized spacial score (nSPS) is 14.0. The van der Waals surface area contributed by atoms with Crippen molar-refractivity contribution in [2.24, 2.45) is 5.92 Å². The van der Waals surface area contributed by atoms with Crippen LogP contribution in [0.2, 0.25) is 0 Å². The van der Waals surface area contributed by atoms with Gasteiger partial charge in [-0.2, -0.15) is 0 Å². The van der Waals surface area contributed by atoms with Crippen molar-refractivity contribution in [3.8, 4) is 17.7 Å². The Labute approximate surface area is 168 Å². The summed E-state index contributed by atoms with van der Waals surface area (Å²) in [5, 5.41) is 6.07. The number of methoxy groups -OCH3 is 1. The molecule has 1 saturated carbocycles. The smallest absolute Gasteiger partial charge is 0.321 e. The molecule has 148 valence electrons. The molecule has 0 spiro atoms. The maximum Gasteiger partial charge on any atom is 0.321 e. The zero-order chi connectivity index (χ0) is 19.9. The van der Waals surface area contributed by atoms with Gasteiger partial charge in [-0.25, -0.2) is 14.8 Å². The summed E-state index contributed by atoms with van der Waals surface area (Å²) in [4.78, 5) is 21.3. The molecule has 0 aliphatic heterocycles. The van der Waals surface area contributed by atoms with Gasteiger partial charge in [0.1, 0.15) is 4.88 Å². The lowest BCUT2D eigenvalue weighted by Crippen LogP contribution is -2.35. The van der Waals surface area contributed by atoms with Crippen LogP contribution in [0.3, 0.4) is 0 Å². The first-order chi connectivity index (χ1) is 13.5. The molecule has 1 unspecified atom stereocenters. The maximum atomic E-state index is 12.1. The van der Waals surface area contributed by atoms with Gasteiger partial charge in [0.25, 0.3) is 0 Å². The first-order valence-electron chi connectivity index (χ1n) is 9.19. The fourth-order valence-electron chi connectivity index (χ4n) is 2.29. The third-order valence-corrected chi connectivity index (χ3v) is 5.13. The van der Waals surface area contributed by atoms with Gasteiger partial charge in [-0.1, -0.05) is 17.3 Å². The molecule has 0 aromatic carbocycles. The predicted molar refractivity (Wildman–Crippen MR) is 109 cm³/mol. The average molecular weight is 401 g/mol. The molecule has 0 radical (unpaired) electrons. The van der Waals surface area contributed by atoms with E-state index in [0.29, 0.717) is 23.5 Å². The largest absolute Gasteiger partial charge is 0.481 e. The van der Waals surface area contributed by atoms with E-state index < -0.39 is 0 Å². The van der Waals surface area contributed by atoms with Gasteiger partial charge >= 0.3 is 6.03 Å². The molecule has 0 saturated heterocycles. The highest BCUT2D eigenvalue weighted by molar-refractivity contribution is 7.16. The number of aryl methyl sites for hydroxylation is 1. The van der Waals surface area contributed by atoms with Gasteiger partial charge in [-0.15, -0.1) is 0 Å². The number of nitrogens with zero attached hydrogens (tertiary/aromatic N) is 2. The summed E-state index contributed by atoms with van der Waals surface area (Å²) in [6.07, 6.45) is 4.15. The zero-order valence-corrected chi connectivity index (χ0v) is 17.1. The van der Waals surface area contributed by atoms with Crippen LogP contribution in [0, 0.1) is 24.7 Å². The third kappa shape index (κ3) is 6.22. The summed E-state index contributed by atoms with van der Waals surface area (Å²) < 4.78 is 10.7. The lowest BCUT2D eigenvalue weighted by Gasteiger charge is -2.13. The van der Waals surface area contributed by atoms with Gasteiger partial charge in [-0.05, 0) is 44.6 Å². The second-order valence-corrected chi connectivity index (χ2v) is 7.69. The molecule has 2 N–H and O–H groups in total. The van der Waals surface area contributed by atoms with Crippen LogP contribution in [0.1, 0.15) is 35.9 Å². The van der Waals surface area contributed by atoms with Crippen molar-refractivity contribution in [1.29, 1.82) is 0 Å². The predicted octanol–water partition coefficient (Wildman–Crippen LogP) is 3.19. The van der Waals surface area contributed by atoms with Crippen molar-refractivity contribution in [1.82, 2.24) is 15.3 Å². The van der Waals surface area contributed by atoms with Gasteiger partial charge in [0.05, 0.1) is 18.9 Å². The van der Waals surface area contributed by atoms with Gasteiger partial charge in [0.15, 0.2) is 5.13 Å². The van der Waals surface area contributed by atoms with Crippen molar-refractivity contribution in [2.75, 3.05) is 25.6 Å². The third-order valence-electron chi connectivity index (χ3n) is 4.15. The van der Waals surface area contributed by atoms with Crippen LogP contribution in [0.5, 0.6) is 5.88 Å². The lowest BCUT2D eigenvalue weighted by molar-refractivity contribution is 0.0601. The fraction of sp³-hybridized carbons (Fsp3) is 0.450. The fourth-order valence-corrected chi connectivity index (χ4v) is 3.11. The molecule has 1 fully saturated rings. The summed E-state index contributed by atoms with van der Waals surface area (Å²) in [6, 6.07) is 3.30. The van der Waals surface area contributed by atoms with Crippen molar-refractivity contribution in [2.45, 2.75) is 32.8 Å². The van der Waals surface area contributed by atoms with Crippen LogP contribution in [-0.2, 0) is 4.74 Å². The van der Waals surface area contributed by atoms with Crippen molar-refractivity contribution in [3.63, 3.8) is 0 Å². The highest BCUT2D eigenvalue weighted by Crippen LogP contribution is 2.29. The quantitative estimate of drug-likeness (QED) is 0.697. The molecular weight excluding hydrogens is 376 g/mol. The minimum atomic E-state index is -0.297. The van der Waals surface area contributed by atoms with Crippen LogP contribution in [-0.4, -0.2) is 42.4 Å². The van der Waals surface area contributed by atoms with E-state index in [4.69, 9.17) is 9.47 Å². The number of nitrogens with one attached hydrogen (secondary N) is 2. The molecule has 2 aromatic heterocycles. The highest BCUT2D eigenvalue weighted by atomic mass is 32.1. The minimum absolute atomic E-state index is 0.0103. The number of hydrogen-bond donors (Lipinski definition) is 2. The molecule has 3 rings (SSSR count). The number of ether oxygens (including phenoxy) is 2. The molecule has 2 amide bonds. The van der Waals surface area contributed by atoms with E-state index in [-0.39, 0.29) is 12.1 Å². The van der Waals surface area contributed by atoms with E-state index in [1.54, 1.807) is 19.4 Å². The number of pyridine rings is 1. The number of carbonyl (C=O) groups excluding carboxylic acids is 1. The average Bonchev–Trinajstić information content (AvgIpc) is 3.46. The van der Waals surface area contributed by atoms with Crippen LogP contribution < -0.4 is 15.4 Å². The van der Waals surface area contributed by atoms with Gasteiger partial charge in [-0.3, -0.25) is 5.32 Å². The molecule has 28 heavy (non-hydrogen) atoms. The number of urea groups is 1. The van der Waals surface area contributed by atoms with E-state index in [9.17, 15) is 4.79 Å². The van der Waals surface area contributed by atoms with E-state index in [0.717, 1.165) is 22.7 Å². The molecule has 1 aliphatic rings. The van der Waals surface area contributed by atoms with Crippen LogP contribution in [0.4, 0.5) is 9.93 Å². The lowest BCUT2D eigenvalue weighted by atomic mass is 10.3. The summed E-state index contributed by atoms with van der Waals surface area (Å²) in [5.41, 5.74) is 1.55. The Balaban J connectivity index is 1.50. The molecule has 8 heteroatoms. The summed E-state index contributed by atoms with van der Waals surface area (Å²) in [7, 11) is 1.57.